The zero-order chi connectivity index (χ0) is 25.8. The highest BCUT2D eigenvalue weighted by Crippen LogP contribution is 2.36. The van der Waals surface area contributed by atoms with Crippen LogP contribution in [0, 0.1) is 5.82 Å². The van der Waals surface area contributed by atoms with E-state index >= 15 is 0 Å². The Hall–Kier alpha value is -3.69. The molecule has 0 bridgehead atoms. The Morgan fingerprint density at radius 1 is 1.00 bits per heavy atom. The van der Waals surface area contributed by atoms with Crippen molar-refractivity contribution >= 4 is 57.1 Å². The van der Waals surface area contributed by atoms with Gasteiger partial charge < -0.3 is 9.47 Å². The molecular formula is C26H19BrClFN2O5. The summed E-state index contributed by atoms with van der Waals surface area (Å²) in [6, 6.07) is 14.4. The van der Waals surface area contributed by atoms with E-state index in [0.717, 1.165) is 10.5 Å². The van der Waals surface area contributed by atoms with Crippen LogP contribution >= 0.6 is 27.5 Å². The third kappa shape index (κ3) is 5.58. The molecule has 0 atom stereocenters. The van der Waals surface area contributed by atoms with Gasteiger partial charge in [-0.25, -0.2) is 14.1 Å². The third-order valence-electron chi connectivity index (χ3n) is 5.16. The number of barbiturate groups is 1. The summed E-state index contributed by atoms with van der Waals surface area (Å²) in [7, 11) is 0. The molecule has 1 N–H and O–H groups in total. The third-order valence-corrected chi connectivity index (χ3v) is 6.10. The fourth-order valence-electron chi connectivity index (χ4n) is 3.42. The van der Waals surface area contributed by atoms with Crippen molar-refractivity contribution in [2.24, 2.45) is 0 Å². The smallest absolute Gasteiger partial charge is 0.335 e. The van der Waals surface area contributed by atoms with E-state index in [1.165, 1.54) is 42.5 Å². The Balaban J connectivity index is 1.65. The highest BCUT2D eigenvalue weighted by Gasteiger charge is 2.37. The molecule has 3 aromatic rings. The van der Waals surface area contributed by atoms with Crippen LogP contribution in [0.25, 0.3) is 6.08 Å². The van der Waals surface area contributed by atoms with Gasteiger partial charge >= 0.3 is 6.03 Å². The summed E-state index contributed by atoms with van der Waals surface area (Å²) in [5, 5.41) is 2.62. The molecule has 1 aliphatic heterocycles. The number of ether oxygens (including phenoxy) is 2. The minimum absolute atomic E-state index is 0.173. The molecule has 0 radical (unpaired) electrons. The second-order valence-electron chi connectivity index (χ2n) is 7.60. The van der Waals surface area contributed by atoms with E-state index < -0.39 is 17.8 Å². The topological polar surface area (TPSA) is 84.9 Å². The number of benzene rings is 3. The number of amides is 4. The minimum Gasteiger partial charge on any atom is -0.490 e. The monoisotopic (exact) mass is 572 g/mol. The van der Waals surface area contributed by atoms with E-state index in [2.05, 4.69) is 21.2 Å². The lowest BCUT2D eigenvalue weighted by molar-refractivity contribution is -0.122. The maximum Gasteiger partial charge on any atom is 0.335 e. The molecule has 0 aromatic heterocycles. The summed E-state index contributed by atoms with van der Waals surface area (Å²) >= 11 is 9.35. The lowest BCUT2D eigenvalue weighted by Gasteiger charge is -2.26. The van der Waals surface area contributed by atoms with E-state index in [0.29, 0.717) is 33.2 Å². The highest BCUT2D eigenvalue weighted by atomic mass is 79.9. The molecule has 0 unspecified atom stereocenters. The van der Waals surface area contributed by atoms with Gasteiger partial charge in [-0.1, -0.05) is 39.7 Å². The van der Waals surface area contributed by atoms with E-state index in [-0.39, 0.29) is 23.7 Å². The minimum atomic E-state index is -0.858. The molecule has 10 heteroatoms. The number of urea groups is 1. The van der Waals surface area contributed by atoms with Crippen molar-refractivity contribution in [3.63, 3.8) is 0 Å². The maximum atomic E-state index is 13.2. The van der Waals surface area contributed by atoms with Crippen molar-refractivity contribution in [3.05, 3.63) is 92.7 Å². The van der Waals surface area contributed by atoms with Crippen LogP contribution < -0.4 is 19.7 Å². The molecule has 7 nitrogen and oxygen atoms in total. The number of rotatable bonds is 7. The average molecular weight is 574 g/mol. The SMILES string of the molecule is CCOc1cc(/C=C2\C(=O)NC(=O)N(c3ccc(Cl)cc3)C2=O)c(Br)cc1OCc1ccc(F)cc1. The standard InChI is InChI=1S/C26H19BrClFN2O5/c1-2-35-22-12-16(21(27)13-23(22)36-14-15-3-7-18(29)8-4-15)11-20-24(32)30-26(34)31(25(20)33)19-9-5-17(28)6-10-19/h3-13H,2,14H2,1H3,(H,30,32,34)/b20-11+. The predicted molar refractivity (Wildman–Crippen MR) is 136 cm³/mol. The molecule has 4 rings (SSSR count). The average Bonchev–Trinajstić information content (AvgIpc) is 2.84. The van der Waals surface area contributed by atoms with Gasteiger partial charge in [0.1, 0.15) is 18.0 Å². The van der Waals surface area contributed by atoms with Crippen LogP contribution in [-0.4, -0.2) is 24.5 Å². The number of hydrogen-bond acceptors (Lipinski definition) is 5. The molecule has 3 aromatic carbocycles. The van der Waals surface area contributed by atoms with Gasteiger partial charge in [-0.2, -0.15) is 0 Å². The van der Waals surface area contributed by atoms with Crippen molar-refractivity contribution < 1.29 is 28.2 Å². The molecule has 1 fully saturated rings. The summed E-state index contributed by atoms with van der Waals surface area (Å²) < 4.78 is 25.3. The zero-order valence-electron chi connectivity index (χ0n) is 18.9. The van der Waals surface area contributed by atoms with Crippen molar-refractivity contribution in [3.8, 4) is 11.5 Å². The number of anilines is 1. The molecule has 0 spiro atoms. The molecule has 1 aliphatic rings. The van der Waals surface area contributed by atoms with Gasteiger partial charge in [0.25, 0.3) is 11.8 Å². The van der Waals surface area contributed by atoms with Crippen LogP contribution in [0.5, 0.6) is 11.5 Å². The first-order chi connectivity index (χ1) is 17.3. The number of carbonyl (C=O) groups is 3. The second kappa shape index (κ2) is 10.9. The Morgan fingerprint density at radius 3 is 2.33 bits per heavy atom. The molecular weight excluding hydrogens is 555 g/mol. The zero-order valence-corrected chi connectivity index (χ0v) is 21.2. The van der Waals surface area contributed by atoms with E-state index in [9.17, 15) is 18.8 Å². The molecule has 1 saturated heterocycles. The van der Waals surface area contributed by atoms with Crippen LogP contribution in [0.1, 0.15) is 18.1 Å². The molecule has 0 saturated carbocycles. The van der Waals surface area contributed by atoms with Gasteiger partial charge in [0.05, 0.1) is 12.3 Å². The number of carbonyl (C=O) groups excluding carboxylic acids is 3. The summed E-state index contributed by atoms with van der Waals surface area (Å²) in [5.74, 6) is -1.16. The first kappa shape index (κ1) is 25.4. The van der Waals surface area contributed by atoms with Crippen LogP contribution in [-0.2, 0) is 16.2 Å². The van der Waals surface area contributed by atoms with Crippen molar-refractivity contribution in [2.45, 2.75) is 13.5 Å². The summed E-state index contributed by atoms with van der Waals surface area (Å²) in [6.45, 7) is 2.31. The van der Waals surface area contributed by atoms with Gasteiger partial charge in [0.2, 0.25) is 0 Å². The molecule has 184 valence electrons. The first-order valence-corrected chi connectivity index (χ1v) is 11.9. The van der Waals surface area contributed by atoms with Gasteiger partial charge in [-0.3, -0.25) is 14.9 Å². The predicted octanol–water partition coefficient (Wildman–Crippen LogP) is 5.89. The van der Waals surface area contributed by atoms with Crippen LogP contribution in [0.2, 0.25) is 5.02 Å². The summed E-state index contributed by atoms with van der Waals surface area (Å²) in [6.07, 6.45) is 1.36. The largest absolute Gasteiger partial charge is 0.490 e. The van der Waals surface area contributed by atoms with E-state index in [1.807, 2.05) is 0 Å². The Labute approximate surface area is 219 Å². The number of hydrogen-bond donors (Lipinski definition) is 1. The first-order valence-electron chi connectivity index (χ1n) is 10.8. The lowest BCUT2D eigenvalue weighted by Crippen LogP contribution is -2.54. The Kier molecular flexibility index (Phi) is 7.71. The fourth-order valence-corrected chi connectivity index (χ4v) is 3.98. The summed E-state index contributed by atoms with van der Waals surface area (Å²) in [4.78, 5) is 39.0. The van der Waals surface area contributed by atoms with Crippen LogP contribution in [0.4, 0.5) is 14.9 Å². The number of halogens is 3. The number of nitrogens with one attached hydrogen (secondary N) is 1. The summed E-state index contributed by atoms with van der Waals surface area (Å²) in [5.41, 5.74) is 1.24. The molecule has 36 heavy (non-hydrogen) atoms. The van der Waals surface area contributed by atoms with Gasteiger partial charge in [0.15, 0.2) is 11.5 Å². The van der Waals surface area contributed by atoms with E-state index in [4.69, 9.17) is 21.1 Å². The van der Waals surface area contributed by atoms with Crippen LogP contribution in [0.15, 0.2) is 70.7 Å². The molecule has 0 aliphatic carbocycles. The van der Waals surface area contributed by atoms with Crippen molar-refractivity contribution in [1.29, 1.82) is 0 Å². The Bertz CT molecular complexity index is 1360. The lowest BCUT2D eigenvalue weighted by atomic mass is 10.1. The molecule has 1 heterocycles. The van der Waals surface area contributed by atoms with E-state index in [1.54, 1.807) is 31.2 Å². The maximum absolute atomic E-state index is 13.2. The fraction of sp³-hybridized carbons (Fsp3) is 0.115. The van der Waals surface area contributed by atoms with Gasteiger partial charge in [-0.05, 0) is 72.7 Å². The van der Waals surface area contributed by atoms with Crippen LogP contribution in [0.3, 0.4) is 0 Å². The van der Waals surface area contributed by atoms with Crippen molar-refractivity contribution in [1.82, 2.24) is 5.32 Å². The second-order valence-corrected chi connectivity index (χ2v) is 8.89. The number of nitrogens with zero attached hydrogens (tertiary/aromatic N) is 1. The normalized spacial score (nSPS) is 14.7. The highest BCUT2D eigenvalue weighted by molar-refractivity contribution is 9.10. The van der Waals surface area contributed by atoms with Crippen molar-refractivity contribution in [2.75, 3.05) is 11.5 Å². The van der Waals surface area contributed by atoms with Gasteiger partial charge in [0, 0.05) is 9.50 Å². The molecule has 4 amide bonds. The number of imide groups is 2. The van der Waals surface area contributed by atoms with Gasteiger partial charge in [-0.15, -0.1) is 0 Å². The quantitative estimate of drug-likeness (QED) is 0.282. The Morgan fingerprint density at radius 2 is 1.67 bits per heavy atom.